The Balaban J connectivity index is 1.72. The highest BCUT2D eigenvalue weighted by Crippen LogP contribution is 2.29. The number of carbonyl (C=O) groups is 1. The highest BCUT2D eigenvalue weighted by atomic mass is 19.4. The monoisotopic (exact) mass is 462 g/mol. The first-order valence-corrected chi connectivity index (χ1v) is 10.3. The van der Waals surface area contributed by atoms with Crippen molar-refractivity contribution in [3.8, 4) is 17.3 Å². The quantitative estimate of drug-likeness (QED) is 0.491. The molecule has 0 radical (unpaired) electrons. The molecule has 0 aliphatic carbocycles. The number of alkyl halides is 3. The minimum Gasteiger partial charge on any atom is -0.497 e. The van der Waals surface area contributed by atoms with Crippen LogP contribution in [0.3, 0.4) is 0 Å². The number of benzene rings is 1. The average molecular weight is 462 g/mol. The number of rotatable bonds is 8. The van der Waals surface area contributed by atoms with Crippen LogP contribution < -0.4 is 9.47 Å². The summed E-state index contributed by atoms with van der Waals surface area (Å²) in [6.45, 7) is 4.36. The Bertz CT molecular complexity index is 1080. The minimum atomic E-state index is -4.48. The summed E-state index contributed by atoms with van der Waals surface area (Å²) in [7, 11) is 3.23. The molecule has 0 aliphatic rings. The van der Waals surface area contributed by atoms with Crippen molar-refractivity contribution in [3.05, 3.63) is 65.6 Å². The third-order valence-corrected chi connectivity index (χ3v) is 4.98. The second-order valence-corrected chi connectivity index (χ2v) is 7.66. The maximum absolute atomic E-state index is 13.1. The van der Waals surface area contributed by atoms with Gasteiger partial charge in [-0.2, -0.15) is 18.3 Å². The molecule has 10 heteroatoms. The predicted molar refractivity (Wildman–Crippen MR) is 116 cm³/mol. The summed E-state index contributed by atoms with van der Waals surface area (Å²) in [4.78, 5) is 18.5. The molecular weight excluding hydrogens is 437 g/mol. The Kier molecular flexibility index (Phi) is 7.25. The fraction of sp³-hybridized carbons (Fsp3) is 0.348. The number of halogens is 3. The number of hydrogen-bond acceptors (Lipinski definition) is 5. The molecule has 0 bridgehead atoms. The van der Waals surface area contributed by atoms with Crippen LogP contribution in [0.5, 0.6) is 11.5 Å². The Hall–Kier alpha value is -3.56. The first-order chi connectivity index (χ1) is 15.6. The van der Waals surface area contributed by atoms with Crippen LogP contribution in [0.25, 0.3) is 5.82 Å². The molecule has 0 unspecified atom stereocenters. The molecule has 2 aromatic heterocycles. The zero-order chi connectivity index (χ0) is 24.2. The van der Waals surface area contributed by atoms with E-state index in [2.05, 4.69) is 10.1 Å². The van der Waals surface area contributed by atoms with E-state index in [4.69, 9.17) is 9.47 Å². The number of carbonyl (C=O) groups excluding carboxylic acids is 1. The summed E-state index contributed by atoms with van der Waals surface area (Å²) >= 11 is 0. The lowest BCUT2D eigenvalue weighted by Gasteiger charge is -2.19. The van der Waals surface area contributed by atoms with E-state index in [1.54, 1.807) is 38.4 Å². The molecule has 0 atom stereocenters. The SMILES string of the molecule is COc1ccc(OCCN(C)C(=O)c2cnn(-c3ccc(C(F)(F)F)cn3)c2C(C)C)cc1. The van der Waals surface area contributed by atoms with Crippen LogP contribution in [0.2, 0.25) is 0 Å². The Labute approximate surface area is 189 Å². The maximum Gasteiger partial charge on any atom is 0.417 e. The smallest absolute Gasteiger partial charge is 0.417 e. The van der Waals surface area contributed by atoms with Crippen molar-refractivity contribution in [1.29, 1.82) is 0 Å². The van der Waals surface area contributed by atoms with Crippen molar-refractivity contribution in [2.24, 2.45) is 0 Å². The van der Waals surface area contributed by atoms with Crippen LogP contribution >= 0.6 is 0 Å². The van der Waals surface area contributed by atoms with Crippen LogP contribution in [0, 0.1) is 0 Å². The topological polar surface area (TPSA) is 69.5 Å². The van der Waals surface area contributed by atoms with Gasteiger partial charge in [-0.1, -0.05) is 13.8 Å². The number of pyridine rings is 1. The van der Waals surface area contributed by atoms with Gasteiger partial charge < -0.3 is 14.4 Å². The molecule has 0 saturated heterocycles. The van der Waals surface area contributed by atoms with Gasteiger partial charge in [-0.15, -0.1) is 0 Å². The van der Waals surface area contributed by atoms with E-state index in [-0.39, 0.29) is 24.2 Å². The third kappa shape index (κ3) is 5.63. The van der Waals surface area contributed by atoms with Crippen LogP contribution in [0.4, 0.5) is 13.2 Å². The number of amides is 1. The fourth-order valence-electron chi connectivity index (χ4n) is 3.22. The second kappa shape index (κ2) is 9.93. The van der Waals surface area contributed by atoms with E-state index in [1.165, 1.54) is 21.8 Å². The van der Waals surface area contributed by atoms with E-state index in [9.17, 15) is 18.0 Å². The molecule has 0 fully saturated rings. The Morgan fingerprint density at radius 1 is 1.09 bits per heavy atom. The molecule has 0 N–H and O–H groups in total. The first-order valence-electron chi connectivity index (χ1n) is 10.3. The van der Waals surface area contributed by atoms with Crippen molar-refractivity contribution in [3.63, 3.8) is 0 Å². The number of aromatic nitrogens is 3. The molecule has 0 aliphatic heterocycles. The lowest BCUT2D eigenvalue weighted by atomic mass is 10.0. The Morgan fingerprint density at radius 2 is 1.76 bits per heavy atom. The van der Waals surface area contributed by atoms with E-state index in [0.717, 1.165) is 18.0 Å². The number of nitrogens with zero attached hydrogens (tertiary/aromatic N) is 4. The average Bonchev–Trinajstić information content (AvgIpc) is 3.24. The summed E-state index contributed by atoms with van der Waals surface area (Å²) < 4.78 is 50.7. The lowest BCUT2D eigenvalue weighted by molar-refractivity contribution is -0.137. The molecule has 3 rings (SSSR count). The molecule has 0 saturated carbocycles. The maximum atomic E-state index is 13.1. The second-order valence-electron chi connectivity index (χ2n) is 7.66. The van der Waals surface area contributed by atoms with E-state index in [1.807, 2.05) is 13.8 Å². The molecule has 1 amide bonds. The number of likely N-dealkylation sites (N-methyl/N-ethyl adjacent to an activating group) is 1. The van der Waals surface area contributed by atoms with Gasteiger partial charge in [0.2, 0.25) is 0 Å². The molecule has 1 aromatic carbocycles. The van der Waals surface area contributed by atoms with Crippen LogP contribution in [-0.2, 0) is 6.18 Å². The van der Waals surface area contributed by atoms with Gasteiger partial charge in [0.05, 0.1) is 36.7 Å². The number of hydrogen-bond donors (Lipinski definition) is 0. The standard InChI is InChI=1S/C23H25F3N4O3/c1-15(2)21-19(14-28-30(21)20-10-5-16(13-27-20)23(24,25)26)22(31)29(3)11-12-33-18-8-6-17(32-4)7-9-18/h5-10,13-15H,11-12H2,1-4H3. The molecule has 7 nitrogen and oxygen atoms in total. The summed E-state index contributed by atoms with van der Waals surface area (Å²) in [6, 6.07) is 9.30. The van der Waals surface area contributed by atoms with Crippen LogP contribution in [0.15, 0.2) is 48.8 Å². The summed E-state index contributed by atoms with van der Waals surface area (Å²) in [5.74, 6) is 1.18. The van der Waals surface area contributed by atoms with Crippen molar-refractivity contribution in [1.82, 2.24) is 19.7 Å². The van der Waals surface area contributed by atoms with Gasteiger partial charge in [-0.25, -0.2) is 9.67 Å². The largest absolute Gasteiger partial charge is 0.497 e. The summed E-state index contributed by atoms with van der Waals surface area (Å²) in [6.07, 6.45) is -2.31. The lowest BCUT2D eigenvalue weighted by Crippen LogP contribution is -2.31. The highest BCUT2D eigenvalue weighted by Gasteiger charge is 2.31. The fourth-order valence-corrected chi connectivity index (χ4v) is 3.22. The normalized spacial score (nSPS) is 11.5. The minimum absolute atomic E-state index is 0.125. The Morgan fingerprint density at radius 3 is 2.30 bits per heavy atom. The summed E-state index contributed by atoms with van der Waals surface area (Å²) in [5, 5.41) is 4.23. The van der Waals surface area contributed by atoms with E-state index in [0.29, 0.717) is 23.6 Å². The van der Waals surface area contributed by atoms with Gasteiger partial charge in [0.15, 0.2) is 5.82 Å². The van der Waals surface area contributed by atoms with Crippen LogP contribution in [0.1, 0.15) is 41.4 Å². The van der Waals surface area contributed by atoms with E-state index >= 15 is 0 Å². The molecule has 0 spiro atoms. The van der Waals surface area contributed by atoms with Crippen molar-refractivity contribution in [2.75, 3.05) is 27.3 Å². The molecule has 3 aromatic rings. The van der Waals surface area contributed by atoms with Gasteiger partial charge in [0.1, 0.15) is 18.1 Å². The number of methoxy groups -OCH3 is 1. The molecule has 176 valence electrons. The van der Waals surface area contributed by atoms with Crippen molar-refractivity contribution >= 4 is 5.91 Å². The molecule has 33 heavy (non-hydrogen) atoms. The van der Waals surface area contributed by atoms with E-state index < -0.39 is 11.7 Å². The van der Waals surface area contributed by atoms with Gasteiger partial charge in [-0.3, -0.25) is 4.79 Å². The van der Waals surface area contributed by atoms with Crippen molar-refractivity contribution < 1.29 is 27.4 Å². The first kappa shape index (κ1) is 24.1. The van der Waals surface area contributed by atoms with Gasteiger partial charge >= 0.3 is 6.18 Å². The van der Waals surface area contributed by atoms with Gasteiger partial charge in [0.25, 0.3) is 5.91 Å². The molecular formula is C23H25F3N4O3. The summed E-state index contributed by atoms with van der Waals surface area (Å²) in [5.41, 5.74) is 0.0752. The van der Waals surface area contributed by atoms with Crippen LogP contribution in [-0.4, -0.2) is 52.9 Å². The predicted octanol–water partition coefficient (Wildman–Crippen LogP) is 4.57. The zero-order valence-electron chi connectivity index (χ0n) is 18.8. The third-order valence-electron chi connectivity index (χ3n) is 4.98. The number of ether oxygens (including phenoxy) is 2. The van der Waals surface area contributed by atoms with Crippen molar-refractivity contribution in [2.45, 2.75) is 25.9 Å². The highest BCUT2D eigenvalue weighted by molar-refractivity contribution is 5.95. The van der Waals surface area contributed by atoms with Gasteiger partial charge in [0, 0.05) is 13.2 Å². The zero-order valence-corrected chi connectivity index (χ0v) is 18.8. The molecule has 2 heterocycles. The van der Waals surface area contributed by atoms with Gasteiger partial charge in [-0.05, 0) is 42.3 Å².